The summed E-state index contributed by atoms with van der Waals surface area (Å²) in [6.45, 7) is 2.50. The number of carbonyl (C=O) groups is 2. The topological polar surface area (TPSA) is 102 Å². The number of benzene rings is 4. The van der Waals surface area contributed by atoms with Crippen LogP contribution in [0.3, 0.4) is 0 Å². The van der Waals surface area contributed by atoms with Crippen molar-refractivity contribution in [2.24, 2.45) is 0 Å². The van der Waals surface area contributed by atoms with Crippen molar-refractivity contribution in [1.82, 2.24) is 10.2 Å². The fourth-order valence-electron chi connectivity index (χ4n) is 5.10. The minimum absolute atomic E-state index is 0.0942. The molecule has 1 atom stereocenters. The Kier molecular flexibility index (Phi) is 10.3. The molecule has 2 heterocycles. The van der Waals surface area contributed by atoms with Crippen LogP contribution in [-0.2, 0) is 21.9 Å². The molecule has 0 spiro atoms. The van der Waals surface area contributed by atoms with Crippen LogP contribution in [0, 0.1) is 5.82 Å². The van der Waals surface area contributed by atoms with Gasteiger partial charge in [0, 0.05) is 5.75 Å². The van der Waals surface area contributed by atoms with E-state index in [1.54, 1.807) is 36.4 Å². The van der Waals surface area contributed by atoms with Gasteiger partial charge in [-0.3, -0.25) is 14.5 Å². The van der Waals surface area contributed by atoms with E-state index in [2.05, 4.69) is 10.2 Å². The number of carbonyl (C=O) groups excluding carboxylic acids is 2. The van der Waals surface area contributed by atoms with Gasteiger partial charge >= 0.3 is 0 Å². The second kappa shape index (κ2) is 15.1. The largest absolute Gasteiger partial charge is 0.503 e. The number of hydrogen-bond donors (Lipinski definition) is 1. The van der Waals surface area contributed by atoms with E-state index in [0.29, 0.717) is 40.4 Å². The van der Waals surface area contributed by atoms with Crippen LogP contribution in [0.1, 0.15) is 35.2 Å². The van der Waals surface area contributed by atoms with Crippen LogP contribution in [0.2, 0.25) is 0 Å². The Balaban J connectivity index is 1.34. The van der Waals surface area contributed by atoms with Crippen LogP contribution < -0.4 is 14.4 Å². The highest BCUT2D eigenvalue weighted by Crippen LogP contribution is 2.45. The summed E-state index contributed by atoms with van der Waals surface area (Å²) in [6.07, 6.45) is 2.98. The number of anilines is 1. The summed E-state index contributed by atoms with van der Waals surface area (Å²) >= 11 is 2.53. The Hall–Kier alpha value is -5.26. The first-order valence-corrected chi connectivity index (χ1v) is 16.9. The first kappa shape index (κ1) is 32.7. The average molecular weight is 680 g/mol. The molecule has 1 amide bonds. The van der Waals surface area contributed by atoms with E-state index in [1.807, 2.05) is 67.6 Å². The molecular weight excluding hydrogens is 650 g/mol. The lowest BCUT2D eigenvalue weighted by molar-refractivity contribution is -0.117. The molecule has 0 saturated carbocycles. The molecule has 0 radical (unpaired) electrons. The predicted octanol–water partition coefficient (Wildman–Crippen LogP) is 8.13. The number of halogens is 1. The lowest BCUT2D eigenvalue weighted by atomic mass is 9.95. The number of amides is 1. The van der Waals surface area contributed by atoms with Crippen molar-refractivity contribution in [3.63, 3.8) is 0 Å². The minimum atomic E-state index is -1.03. The molecule has 8 nitrogen and oxygen atoms in total. The fraction of sp³-hybridized carbons (Fsp3) is 0.135. The van der Waals surface area contributed by atoms with Gasteiger partial charge in [0.05, 0.1) is 18.2 Å². The van der Waals surface area contributed by atoms with Gasteiger partial charge < -0.3 is 14.6 Å². The number of nitrogens with zero attached hydrogens (tertiary/aromatic N) is 3. The van der Waals surface area contributed by atoms with Gasteiger partial charge in [-0.15, -0.1) is 10.2 Å². The van der Waals surface area contributed by atoms with Gasteiger partial charge in [-0.25, -0.2) is 4.39 Å². The average Bonchev–Trinajstić information content (AvgIpc) is 3.69. The highest BCUT2D eigenvalue weighted by atomic mass is 32.2. The van der Waals surface area contributed by atoms with Gasteiger partial charge in [0.1, 0.15) is 12.4 Å². The number of rotatable bonds is 13. The summed E-state index contributed by atoms with van der Waals surface area (Å²) in [5.74, 6) is -0.878. The Morgan fingerprint density at radius 3 is 2.40 bits per heavy atom. The highest BCUT2D eigenvalue weighted by molar-refractivity contribution is 8.00. The number of aliphatic hydroxyl groups excluding tert-OH is 1. The summed E-state index contributed by atoms with van der Waals surface area (Å²) in [7, 11) is 0. The van der Waals surface area contributed by atoms with E-state index in [0.717, 1.165) is 28.0 Å². The fourth-order valence-corrected chi connectivity index (χ4v) is 6.92. The molecule has 4 aromatic carbocycles. The molecule has 6 rings (SSSR count). The Morgan fingerprint density at radius 2 is 1.67 bits per heavy atom. The molecular formula is C37H30FN3O5S2. The minimum Gasteiger partial charge on any atom is -0.503 e. The van der Waals surface area contributed by atoms with E-state index in [-0.39, 0.29) is 16.5 Å². The maximum absolute atomic E-state index is 13.8. The van der Waals surface area contributed by atoms with E-state index in [4.69, 9.17) is 9.47 Å². The van der Waals surface area contributed by atoms with Crippen molar-refractivity contribution >= 4 is 46.0 Å². The number of ether oxygens (including phenoxy) is 2. The molecule has 11 heteroatoms. The van der Waals surface area contributed by atoms with Crippen molar-refractivity contribution in [2.75, 3.05) is 11.5 Å². The maximum Gasteiger partial charge on any atom is 0.296 e. The Bertz CT molecular complexity index is 1960. The molecule has 0 aliphatic carbocycles. The molecule has 1 N–H and O–H groups in total. The molecule has 0 saturated heterocycles. The zero-order valence-corrected chi connectivity index (χ0v) is 27.4. The Morgan fingerprint density at radius 1 is 0.938 bits per heavy atom. The van der Waals surface area contributed by atoms with Gasteiger partial charge in [-0.1, -0.05) is 108 Å². The summed E-state index contributed by atoms with van der Waals surface area (Å²) in [5.41, 5.74) is 3.07. The van der Waals surface area contributed by atoms with Crippen LogP contribution in [-0.4, -0.2) is 33.6 Å². The summed E-state index contributed by atoms with van der Waals surface area (Å²) in [5, 5.41) is 20.0. The van der Waals surface area contributed by atoms with Gasteiger partial charge in [-0.2, -0.15) is 0 Å². The van der Waals surface area contributed by atoms with Crippen molar-refractivity contribution in [3.05, 3.63) is 149 Å². The first-order valence-electron chi connectivity index (χ1n) is 15.1. The monoisotopic (exact) mass is 679 g/mol. The third-order valence-electron chi connectivity index (χ3n) is 7.40. The van der Waals surface area contributed by atoms with Crippen molar-refractivity contribution < 1.29 is 28.6 Å². The molecule has 48 heavy (non-hydrogen) atoms. The Labute approximate surface area is 285 Å². The van der Waals surface area contributed by atoms with Gasteiger partial charge in [0.15, 0.2) is 27.4 Å². The lowest BCUT2D eigenvalue weighted by Gasteiger charge is -2.24. The van der Waals surface area contributed by atoms with Crippen LogP contribution in [0.15, 0.2) is 125 Å². The second-order valence-electron chi connectivity index (χ2n) is 10.6. The SMILES string of the molecule is CCOc1cc(C2C(C(=O)C=Cc3ccccc3)=C(O)C(=O)N2c2nnc(SCc3ccc(F)cc3)s2)ccc1OCc1ccccc1. The van der Waals surface area contributed by atoms with Crippen LogP contribution in [0.25, 0.3) is 6.08 Å². The third kappa shape index (κ3) is 7.48. The predicted molar refractivity (Wildman–Crippen MR) is 185 cm³/mol. The van der Waals surface area contributed by atoms with E-state index >= 15 is 0 Å². The molecule has 5 aromatic rings. The number of aromatic nitrogens is 2. The summed E-state index contributed by atoms with van der Waals surface area (Å²) in [4.78, 5) is 28.8. The van der Waals surface area contributed by atoms with Gasteiger partial charge in [-0.05, 0) is 59.5 Å². The van der Waals surface area contributed by atoms with Crippen LogP contribution >= 0.6 is 23.1 Å². The van der Waals surface area contributed by atoms with Crippen LogP contribution in [0.4, 0.5) is 9.52 Å². The first-order chi connectivity index (χ1) is 23.4. The number of aliphatic hydroxyl groups is 1. The number of thioether (sulfide) groups is 1. The third-order valence-corrected chi connectivity index (χ3v) is 9.53. The number of ketones is 1. The molecule has 242 valence electrons. The van der Waals surface area contributed by atoms with Gasteiger partial charge in [0.2, 0.25) is 5.13 Å². The van der Waals surface area contributed by atoms with E-state index in [1.165, 1.54) is 34.9 Å². The standard InChI is InChI=1S/C37H30FN3O5S2/c1-2-45-31-21-27(16-20-30(31)46-22-25-11-7-4-8-12-25)33-32(29(42)19-15-24-9-5-3-6-10-24)34(43)35(44)41(33)36-39-40-37(48-36)47-23-26-13-17-28(38)18-14-26/h3-21,33,43H,2,22-23H2,1H3. The van der Waals surface area contributed by atoms with Crippen molar-refractivity contribution in [1.29, 1.82) is 0 Å². The number of allylic oxidation sites excluding steroid dienone is 1. The van der Waals surface area contributed by atoms with E-state index < -0.39 is 23.5 Å². The summed E-state index contributed by atoms with van der Waals surface area (Å²) < 4.78 is 26.0. The normalized spacial score (nSPS) is 14.6. The van der Waals surface area contributed by atoms with Crippen molar-refractivity contribution in [2.45, 2.75) is 29.7 Å². The van der Waals surface area contributed by atoms with Crippen LogP contribution in [0.5, 0.6) is 11.5 Å². The molecule has 0 bridgehead atoms. The van der Waals surface area contributed by atoms with E-state index in [9.17, 15) is 19.1 Å². The summed E-state index contributed by atoms with van der Waals surface area (Å²) in [6, 6.07) is 29.3. The zero-order chi connectivity index (χ0) is 33.5. The molecule has 0 fully saturated rings. The number of hydrogen-bond acceptors (Lipinski definition) is 9. The smallest absolute Gasteiger partial charge is 0.296 e. The van der Waals surface area contributed by atoms with Gasteiger partial charge in [0.25, 0.3) is 5.91 Å². The molecule has 1 aromatic heterocycles. The quantitative estimate of drug-likeness (QED) is 0.0757. The maximum atomic E-state index is 13.8. The molecule has 1 unspecified atom stereocenters. The molecule has 1 aliphatic heterocycles. The van der Waals surface area contributed by atoms with Crippen molar-refractivity contribution in [3.8, 4) is 11.5 Å². The zero-order valence-electron chi connectivity index (χ0n) is 25.8. The molecule has 1 aliphatic rings. The lowest BCUT2D eigenvalue weighted by Crippen LogP contribution is -2.31. The highest BCUT2D eigenvalue weighted by Gasteiger charge is 2.45. The second-order valence-corrected chi connectivity index (χ2v) is 12.8.